The Morgan fingerprint density at radius 2 is 1.89 bits per heavy atom. The van der Waals surface area contributed by atoms with E-state index in [1.54, 1.807) is 18.2 Å². The molecule has 3 rings (SSSR count). The van der Waals surface area contributed by atoms with Gasteiger partial charge in [0.2, 0.25) is 6.79 Å². The monoisotopic (exact) mass is 366 g/mol. The molecule has 0 spiro atoms. The van der Waals surface area contributed by atoms with Crippen molar-refractivity contribution in [2.75, 3.05) is 26.5 Å². The van der Waals surface area contributed by atoms with Gasteiger partial charge in [-0.2, -0.15) is 0 Å². The lowest BCUT2D eigenvalue weighted by molar-refractivity contribution is 0.174. The van der Waals surface area contributed by atoms with E-state index in [-0.39, 0.29) is 26.0 Å². The molecule has 2 amide bonds. The zero-order chi connectivity index (χ0) is 18.7. The van der Waals surface area contributed by atoms with Gasteiger partial charge in [-0.05, 0) is 30.5 Å². The number of fused-ring (bicyclic) bond motifs is 1. The number of carbonyl (C=O) groups excluding carboxylic acids is 1. The standard InChI is InChI=1S/C21H22N2O4/c24-21(23-13-6-9-17-7-2-1-3-8-17)22-12-4-5-14-25-18-10-11-19-20(15-18)27-16-26-19/h1-3,7-8,10-11,15H,6,9,12-14,16H2,(H2,22,23,24). The maximum absolute atomic E-state index is 11.7. The van der Waals surface area contributed by atoms with Gasteiger partial charge in [0.1, 0.15) is 12.4 Å². The summed E-state index contributed by atoms with van der Waals surface area (Å²) in [6.07, 6.45) is 1.84. The first-order valence-corrected chi connectivity index (χ1v) is 8.85. The molecule has 1 aliphatic heterocycles. The highest BCUT2D eigenvalue weighted by Gasteiger charge is 2.13. The molecular formula is C21H22N2O4. The first kappa shape index (κ1) is 18.5. The molecular weight excluding hydrogens is 344 g/mol. The second-order valence-corrected chi connectivity index (χ2v) is 5.86. The van der Waals surface area contributed by atoms with Crippen LogP contribution in [0.3, 0.4) is 0 Å². The number of rotatable bonds is 7. The summed E-state index contributed by atoms with van der Waals surface area (Å²) in [6.45, 7) is 1.37. The van der Waals surface area contributed by atoms with Gasteiger partial charge in [0.15, 0.2) is 11.5 Å². The summed E-state index contributed by atoms with van der Waals surface area (Å²) in [4.78, 5) is 11.7. The minimum Gasteiger partial charge on any atom is -0.481 e. The highest BCUT2D eigenvalue weighted by molar-refractivity contribution is 5.74. The number of carbonyl (C=O) groups is 1. The Morgan fingerprint density at radius 3 is 2.78 bits per heavy atom. The molecule has 0 atom stereocenters. The van der Waals surface area contributed by atoms with E-state index < -0.39 is 0 Å². The van der Waals surface area contributed by atoms with Crippen molar-refractivity contribution in [3.05, 3.63) is 54.1 Å². The third-order valence-electron chi connectivity index (χ3n) is 3.89. The molecule has 2 N–H and O–H groups in total. The highest BCUT2D eigenvalue weighted by atomic mass is 16.7. The minimum absolute atomic E-state index is 0.214. The van der Waals surface area contributed by atoms with E-state index in [1.807, 2.05) is 18.2 Å². The number of urea groups is 1. The summed E-state index contributed by atoms with van der Waals surface area (Å²) in [5.74, 6) is 7.76. The van der Waals surface area contributed by atoms with E-state index in [0.29, 0.717) is 23.8 Å². The smallest absolute Gasteiger partial charge is 0.315 e. The number of amides is 2. The van der Waals surface area contributed by atoms with Crippen molar-refractivity contribution in [3.8, 4) is 29.1 Å². The van der Waals surface area contributed by atoms with Crippen molar-refractivity contribution in [2.24, 2.45) is 0 Å². The van der Waals surface area contributed by atoms with E-state index in [9.17, 15) is 4.79 Å². The van der Waals surface area contributed by atoms with Crippen LogP contribution in [0.4, 0.5) is 4.79 Å². The van der Waals surface area contributed by atoms with Crippen molar-refractivity contribution < 1.29 is 19.0 Å². The lowest BCUT2D eigenvalue weighted by Gasteiger charge is -2.05. The van der Waals surface area contributed by atoms with Crippen LogP contribution in [0.25, 0.3) is 0 Å². The van der Waals surface area contributed by atoms with Gasteiger partial charge < -0.3 is 24.8 Å². The Labute approximate surface area is 158 Å². The SMILES string of the molecule is O=C(NCC#CCOc1ccc2c(c1)OCO2)NCCCc1ccccc1. The lowest BCUT2D eigenvalue weighted by Crippen LogP contribution is -2.36. The Kier molecular flexibility index (Phi) is 6.82. The van der Waals surface area contributed by atoms with Gasteiger partial charge in [-0.15, -0.1) is 0 Å². The molecule has 0 saturated heterocycles. The average Bonchev–Trinajstić information content (AvgIpc) is 3.16. The Morgan fingerprint density at radius 1 is 1.04 bits per heavy atom. The molecule has 0 aromatic heterocycles. The molecule has 6 nitrogen and oxygen atoms in total. The molecule has 0 unspecified atom stereocenters. The first-order chi connectivity index (χ1) is 13.3. The van der Waals surface area contributed by atoms with Crippen molar-refractivity contribution in [2.45, 2.75) is 12.8 Å². The molecule has 0 radical (unpaired) electrons. The zero-order valence-electron chi connectivity index (χ0n) is 15.0. The topological polar surface area (TPSA) is 68.8 Å². The average molecular weight is 366 g/mol. The summed E-state index contributed by atoms with van der Waals surface area (Å²) < 4.78 is 16.0. The Hall–Kier alpha value is -3.33. The Bertz CT molecular complexity index is 812. The normalized spacial score (nSPS) is 11.3. The van der Waals surface area contributed by atoms with Crippen molar-refractivity contribution in [1.29, 1.82) is 0 Å². The number of nitrogens with one attached hydrogen (secondary N) is 2. The molecule has 140 valence electrons. The van der Waals surface area contributed by atoms with E-state index in [2.05, 4.69) is 34.6 Å². The fourth-order valence-electron chi connectivity index (χ4n) is 2.53. The second-order valence-electron chi connectivity index (χ2n) is 5.86. The molecule has 1 heterocycles. The molecule has 27 heavy (non-hydrogen) atoms. The van der Waals surface area contributed by atoms with Gasteiger partial charge >= 0.3 is 6.03 Å². The second kappa shape index (κ2) is 9.97. The van der Waals surface area contributed by atoms with Crippen LogP contribution in [0.1, 0.15) is 12.0 Å². The van der Waals surface area contributed by atoms with Gasteiger partial charge in [0.25, 0.3) is 0 Å². The first-order valence-electron chi connectivity index (χ1n) is 8.85. The molecule has 0 aliphatic carbocycles. The number of ether oxygens (including phenoxy) is 3. The van der Waals surface area contributed by atoms with Gasteiger partial charge in [-0.25, -0.2) is 4.79 Å². The number of hydrogen-bond donors (Lipinski definition) is 2. The fraction of sp³-hybridized carbons (Fsp3) is 0.286. The third-order valence-corrected chi connectivity index (χ3v) is 3.89. The van der Waals surface area contributed by atoms with E-state index in [4.69, 9.17) is 14.2 Å². The molecule has 0 fully saturated rings. The maximum Gasteiger partial charge on any atom is 0.315 e. The van der Waals surface area contributed by atoms with Gasteiger partial charge in [0.05, 0.1) is 6.54 Å². The van der Waals surface area contributed by atoms with Gasteiger partial charge in [-0.3, -0.25) is 0 Å². The van der Waals surface area contributed by atoms with Crippen LogP contribution in [-0.2, 0) is 6.42 Å². The summed E-state index contributed by atoms with van der Waals surface area (Å²) in [5, 5.41) is 5.52. The lowest BCUT2D eigenvalue weighted by atomic mass is 10.1. The van der Waals surface area contributed by atoms with Crippen molar-refractivity contribution in [3.63, 3.8) is 0 Å². The predicted molar refractivity (Wildman–Crippen MR) is 102 cm³/mol. The quantitative estimate of drug-likeness (QED) is 0.584. The molecule has 6 heteroatoms. The van der Waals surface area contributed by atoms with Crippen LogP contribution in [0, 0.1) is 11.8 Å². The number of hydrogen-bond acceptors (Lipinski definition) is 4. The molecule has 0 bridgehead atoms. The summed E-state index contributed by atoms with van der Waals surface area (Å²) in [6, 6.07) is 15.4. The van der Waals surface area contributed by atoms with Crippen molar-refractivity contribution in [1.82, 2.24) is 10.6 Å². The number of aryl methyl sites for hydroxylation is 1. The molecule has 0 saturated carbocycles. The van der Waals surface area contributed by atoms with E-state index >= 15 is 0 Å². The minimum atomic E-state index is -0.214. The van der Waals surface area contributed by atoms with E-state index in [1.165, 1.54) is 5.56 Å². The van der Waals surface area contributed by atoms with Crippen LogP contribution in [0.5, 0.6) is 17.2 Å². The van der Waals surface area contributed by atoms with Gasteiger partial charge in [0, 0.05) is 12.6 Å². The zero-order valence-corrected chi connectivity index (χ0v) is 15.0. The Balaban J connectivity index is 1.25. The molecule has 1 aliphatic rings. The van der Waals surface area contributed by atoms with E-state index in [0.717, 1.165) is 12.8 Å². The number of benzene rings is 2. The van der Waals surface area contributed by atoms with Crippen LogP contribution in [0.15, 0.2) is 48.5 Å². The molecule has 2 aromatic rings. The van der Waals surface area contributed by atoms with Crippen LogP contribution >= 0.6 is 0 Å². The van der Waals surface area contributed by atoms with Gasteiger partial charge in [-0.1, -0.05) is 42.2 Å². The predicted octanol–water partition coefficient (Wildman–Crippen LogP) is 2.73. The van der Waals surface area contributed by atoms with Crippen LogP contribution < -0.4 is 24.8 Å². The maximum atomic E-state index is 11.7. The largest absolute Gasteiger partial charge is 0.481 e. The third kappa shape index (κ3) is 6.15. The molecule has 2 aromatic carbocycles. The summed E-state index contributed by atoms with van der Waals surface area (Å²) in [5.41, 5.74) is 1.27. The van der Waals surface area contributed by atoms with Crippen LogP contribution in [-0.4, -0.2) is 32.5 Å². The summed E-state index contributed by atoms with van der Waals surface area (Å²) >= 11 is 0. The van der Waals surface area contributed by atoms with Crippen molar-refractivity contribution >= 4 is 6.03 Å². The highest BCUT2D eigenvalue weighted by Crippen LogP contribution is 2.34. The fourth-order valence-corrected chi connectivity index (χ4v) is 2.53. The summed E-state index contributed by atoms with van der Waals surface area (Å²) in [7, 11) is 0. The van der Waals surface area contributed by atoms with Crippen LogP contribution in [0.2, 0.25) is 0 Å².